The van der Waals surface area contributed by atoms with Crippen LogP contribution in [0.15, 0.2) is 22.0 Å². The quantitative estimate of drug-likeness (QED) is 0.890. The maximum Gasteiger partial charge on any atom is 0.226 e. The lowest BCUT2D eigenvalue weighted by Gasteiger charge is -2.31. The van der Waals surface area contributed by atoms with E-state index in [2.05, 4.69) is 22.4 Å². The molecule has 1 amide bonds. The van der Waals surface area contributed by atoms with Gasteiger partial charge in [-0.15, -0.1) is 23.7 Å². The van der Waals surface area contributed by atoms with Gasteiger partial charge in [0.2, 0.25) is 17.6 Å². The topological polar surface area (TPSA) is 71.3 Å². The molecule has 0 radical (unpaired) electrons. The van der Waals surface area contributed by atoms with Gasteiger partial charge in [-0.25, -0.2) is 0 Å². The van der Waals surface area contributed by atoms with Crippen LogP contribution in [-0.2, 0) is 11.2 Å². The van der Waals surface area contributed by atoms with Crippen LogP contribution in [0.25, 0.3) is 10.7 Å². The second-order valence-electron chi connectivity index (χ2n) is 5.54. The fourth-order valence-corrected chi connectivity index (χ4v) is 3.22. The van der Waals surface area contributed by atoms with Gasteiger partial charge in [-0.05, 0) is 24.8 Å². The average molecular weight is 357 g/mol. The molecule has 1 saturated heterocycles. The minimum atomic E-state index is 0. The van der Waals surface area contributed by atoms with Crippen molar-refractivity contribution in [2.75, 3.05) is 19.6 Å². The molecule has 0 aliphatic carbocycles. The molecule has 0 bridgehead atoms. The number of piperazine rings is 1. The van der Waals surface area contributed by atoms with Gasteiger partial charge in [0, 0.05) is 38.5 Å². The summed E-state index contributed by atoms with van der Waals surface area (Å²) in [5.74, 6) is 1.45. The molecule has 3 heterocycles. The van der Waals surface area contributed by atoms with Crippen LogP contribution in [0.2, 0.25) is 0 Å². The van der Waals surface area contributed by atoms with Gasteiger partial charge >= 0.3 is 0 Å². The minimum absolute atomic E-state index is 0. The molecule has 2 aromatic rings. The number of aryl methyl sites for hydroxylation is 1. The van der Waals surface area contributed by atoms with Gasteiger partial charge in [-0.2, -0.15) is 4.98 Å². The van der Waals surface area contributed by atoms with E-state index in [0.717, 1.165) is 30.9 Å². The average Bonchev–Trinajstić information content (AvgIpc) is 3.18. The molecule has 1 aliphatic heterocycles. The molecule has 0 aromatic carbocycles. The number of hydrogen-bond donors (Lipinski definition) is 1. The summed E-state index contributed by atoms with van der Waals surface area (Å²) in [6, 6.07) is 4.30. The monoisotopic (exact) mass is 356 g/mol. The summed E-state index contributed by atoms with van der Waals surface area (Å²) in [5, 5.41) is 9.30. The molecular formula is C15H21ClN4O2S. The molecule has 6 nitrogen and oxygen atoms in total. The third-order valence-electron chi connectivity index (χ3n) is 3.71. The normalized spacial score (nSPS) is 17.8. The van der Waals surface area contributed by atoms with Crippen molar-refractivity contribution in [2.45, 2.75) is 32.2 Å². The number of amides is 1. The lowest BCUT2D eigenvalue weighted by atomic mass is 10.2. The molecule has 8 heteroatoms. The van der Waals surface area contributed by atoms with Crippen LogP contribution in [0, 0.1) is 0 Å². The van der Waals surface area contributed by atoms with E-state index in [1.807, 2.05) is 22.4 Å². The molecule has 1 atom stereocenters. The van der Waals surface area contributed by atoms with Crippen molar-refractivity contribution in [1.29, 1.82) is 0 Å². The number of nitrogens with zero attached hydrogens (tertiary/aromatic N) is 3. The van der Waals surface area contributed by atoms with E-state index in [1.165, 1.54) is 0 Å². The second kappa shape index (κ2) is 8.42. The molecule has 1 unspecified atom stereocenters. The molecule has 0 spiro atoms. The van der Waals surface area contributed by atoms with Gasteiger partial charge in [-0.3, -0.25) is 4.79 Å². The molecule has 126 valence electrons. The molecule has 1 N–H and O–H groups in total. The molecule has 0 saturated carbocycles. The number of thiophene rings is 1. The summed E-state index contributed by atoms with van der Waals surface area (Å²) in [7, 11) is 0. The van der Waals surface area contributed by atoms with Gasteiger partial charge in [0.1, 0.15) is 0 Å². The summed E-state index contributed by atoms with van der Waals surface area (Å²) >= 11 is 1.59. The zero-order chi connectivity index (χ0) is 15.4. The summed E-state index contributed by atoms with van der Waals surface area (Å²) in [5.41, 5.74) is 0. The Kier molecular flexibility index (Phi) is 6.56. The van der Waals surface area contributed by atoms with E-state index in [1.54, 1.807) is 11.3 Å². The van der Waals surface area contributed by atoms with Crippen molar-refractivity contribution in [3.05, 3.63) is 23.4 Å². The summed E-state index contributed by atoms with van der Waals surface area (Å²) < 4.78 is 5.24. The van der Waals surface area contributed by atoms with Crippen molar-refractivity contribution in [3.63, 3.8) is 0 Å². The summed E-state index contributed by atoms with van der Waals surface area (Å²) in [4.78, 5) is 19.5. The Balaban J connectivity index is 0.00000192. The predicted molar refractivity (Wildman–Crippen MR) is 91.8 cm³/mol. The van der Waals surface area contributed by atoms with E-state index in [-0.39, 0.29) is 18.3 Å². The van der Waals surface area contributed by atoms with Crippen molar-refractivity contribution in [3.8, 4) is 10.7 Å². The smallest absolute Gasteiger partial charge is 0.226 e. The summed E-state index contributed by atoms with van der Waals surface area (Å²) in [6.45, 7) is 4.57. The first kappa shape index (κ1) is 17.9. The highest BCUT2D eigenvalue weighted by Crippen LogP contribution is 2.21. The number of halogens is 1. The van der Waals surface area contributed by atoms with E-state index >= 15 is 0 Å². The highest BCUT2D eigenvalue weighted by Gasteiger charge is 2.20. The molecule has 2 aromatic heterocycles. The fourth-order valence-electron chi connectivity index (χ4n) is 2.57. The van der Waals surface area contributed by atoms with Crippen LogP contribution in [-0.4, -0.2) is 46.6 Å². The number of aromatic nitrogens is 2. The zero-order valence-corrected chi connectivity index (χ0v) is 14.7. The lowest BCUT2D eigenvalue weighted by molar-refractivity contribution is -0.132. The third kappa shape index (κ3) is 4.76. The van der Waals surface area contributed by atoms with Gasteiger partial charge in [0.15, 0.2) is 0 Å². The maximum atomic E-state index is 12.2. The van der Waals surface area contributed by atoms with Crippen LogP contribution in [0.3, 0.4) is 0 Å². The zero-order valence-electron chi connectivity index (χ0n) is 13.0. The number of carbonyl (C=O) groups excluding carboxylic acids is 1. The Morgan fingerprint density at radius 3 is 3.17 bits per heavy atom. The number of nitrogens with one attached hydrogen (secondary N) is 1. The van der Waals surface area contributed by atoms with Gasteiger partial charge in [0.05, 0.1) is 4.88 Å². The van der Waals surface area contributed by atoms with Crippen LogP contribution in [0.1, 0.15) is 25.7 Å². The van der Waals surface area contributed by atoms with Crippen molar-refractivity contribution < 1.29 is 9.32 Å². The van der Waals surface area contributed by atoms with Gasteiger partial charge < -0.3 is 14.7 Å². The van der Waals surface area contributed by atoms with Crippen molar-refractivity contribution in [1.82, 2.24) is 20.4 Å². The lowest BCUT2D eigenvalue weighted by Crippen LogP contribution is -2.51. The molecular weight excluding hydrogens is 336 g/mol. The van der Waals surface area contributed by atoms with Gasteiger partial charge in [-0.1, -0.05) is 11.2 Å². The fraction of sp³-hybridized carbons (Fsp3) is 0.533. The number of hydrogen-bond acceptors (Lipinski definition) is 6. The largest absolute Gasteiger partial charge is 0.340 e. The Hall–Kier alpha value is -1.44. The maximum absolute atomic E-state index is 12.2. The van der Waals surface area contributed by atoms with Crippen molar-refractivity contribution in [2.24, 2.45) is 0 Å². The second-order valence-corrected chi connectivity index (χ2v) is 6.49. The van der Waals surface area contributed by atoms with E-state index < -0.39 is 0 Å². The van der Waals surface area contributed by atoms with Crippen LogP contribution in [0.4, 0.5) is 0 Å². The standard InChI is InChI=1S/C15H20N4O2S.ClH/c1-11-10-19(8-7-16-11)14(20)6-2-5-13-17-15(18-21-13)12-4-3-9-22-12;/h3-4,9,11,16H,2,5-8,10H2,1H3;1H. The Bertz CT molecular complexity index is 617. The molecule has 3 rings (SSSR count). The van der Waals surface area contributed by atoms with E-state index in [4.69, 9.17) is 4.52 Å². The Morgan fingerprint density at radius 1 is 1.57 bits per heavy atom. The number of rotatable bonds is 5. The predicted octanol–water partition coefficient (Wildman–Crippen LogP) is 2.36. The first-order valence-electron chi connectivity index (χ1n) is 7.60. The first-order chi connectivity index (χ1) is 10.7. The minimum Gasteiger partial charge on any atom is -0.340 e. The van der Waals surface area contributed by atoms with Crippen molar-refractivity contribution >= 4 is 29.7 Å². The van der Waals surface area contributed by atoms with Crippen LogP contribution >= 0.6 is 23.7 Å². The SMILES string of the molecule is CC1CN(C(=O)CCCc2nc(-c3cccs3)no2)CCN1.Cl. The summed E-state index contributed by atoms with van der Waals surface area (Å²) in [6.07, 6.45) is 1.92. The first-order valence-corrected chi connectivity index (χ1v) is 8.48. The Labute approximate surface area is 145 Å². The van der Waals surface area contributed by atoms with Gasteiger partial charge in [0.25, 0.3) is 0 Å². The molecule has 1 fully saturated rings. The molecule has 1 aliphatic rings. The third-order valence-corrected chi connectivity index (χ3v) is 4.58. The van der Waals surface area contributed by atoms with E-state index in [9.17, 15) is 4.79 Å². The van der Waals surface area contributed by atoms with Crippen LogP contribution in [0.5, 0.6) is 0 Å². The Morgan fingerprint density at radius 2 is 2.43 bits per heavy atom. The van der Waals surface area contributed by atoms with E-state index in [0.29, 0.717) is 30.6 Å². The highest BCUT2D eigenvalue weighted by molar-refractivity contribution is 7.13. The van der Waals surface area contributed by atoms with Crippen LogP contribution < -0.4 is 5.32 Å². The highest BCUT2D eigenvalue weighted by atomic mass is 35.5. The number of carbonyl (C=O) groups is 1. The molecule has 23 heavy (non-hydrogen) atoms.